The fraction of sp³-hybridized carbons (Fsp3) is 0.294. The normalized spacial score (nSPS) is 14.8. The molecule has 1 atom stereocenters. The van der Waals surface area contributed by atoms with E-state index in [1.165, 1.54) is 0 Å². The van der Waals surface area contributed by atoms with Crippen LogP contribution in [0.25, 0.3) is 10.1 Å². The van der Waals surface area contributed by atoms with Crippen LogP contribution in [0.3, 0.4) is 0 Å². The van der Waals surface area contributed by atoms with Gasteiger partial charge in [-0.05, 0) is 36.8 Å². The molecule has 118 valence electrons. The summed E-state index contributed by atoms with van der Waals surface area (Å²) in [4.78, 5) is 13.1. The molecule has 5 nitrogen and oxygen atoms in total. The van der Waals surface area contributed by atoms with Gasteiger partial charge in [0.15, 0.2) is 5.69 Å². The third-order valence-electron chi connectivity index (χ3n) is 4.25. The minimum atomic E-state index is -0.705. The number of thiophene rings is 1. The number of nitrogens with one attached hydrogen (secondary N) is 2. The summed E-state index contributed by atoms with van der Waals surface area (Å²) in [6.45, 7) is 0.188. The van der Waals surface area contributed by atoms with Crippen LogP contribution in [0, 0.1) is 0 Å². The topological polar surface area (TPSA) is 78.0 Å². The standard InChI is InChI=1S/C17H17N3O2S/c21-13(15-8-10-4-1-2-7-14(10)23-15)9-18-17(22)16-11-5-3-6-12(11)19-20-16/h1-2,4,7-8,13,21H,3,5-6,9H2,(H,18,22)(H,19,20). The van der Waals surface area contributed by atoms with Gasteiger partial charge in [-0.3, -0.25) is 9.89 Å². The van der Waals surface area contributed by atoms with E-state index in [2.05, 4.69) is 15.5 Å². The predicted octanol–water partition coefficient (Wildman–Crippen LogP) is 2.58. The number of hydrogen-bond acceptors (Lipinski definition) is 4. The lowest BCUT2D eigenvalue weighted by Crippen LogP contribution is -2.29. The van der Waals surface area contributed by atoms with Crippen LogP contribution in [0.1, 0.15) is 39.1 Å². The summed E-state index contributed by atoms with van der Waals surface area (Å²) >= 11 is 1.55. The van der Waals surface area contributed by atoms with Crippen LogP contribution in [-0.2, 0) is 12.8 Å². The van der Waals surface area contributed by atoms with Crippen molar-refractivity contribution in [3.63, 3.8) is 0 Å². The average Bonchev–Trinajstić information content (AvgIpc) is 3.25. The Hall–Kier alpha value is -2.18. The Morgan fingerprint density at radius 3 is 3.13 bits per heavy atom. The van der Waals surface area contributed by atoms with Crippen molar-refractivity contribution >= 4 is 27.3 Å². The summed E-state index contributed by atoms with van der Waals surface area (Å²) in [6.07, 6.45) is 2.21. The molecule has 1 aliphatic carbocycles. The fourth-order valence-corrected chi connectivity index (χ4v) is 4.10. The predicted molar refractivity (Wildman–Crippen MR) is 89.7 cm³/mol. The van der Waals surface area contributed by atoms with E-state index in [-0.39, 0.29) is 12.5 Å². The number of amides is 1. The molecule has 4 rings (SSSR count). The molecule has 1 amide bonds. The molecule has 3 N–H and O–H groups in total. The molecule has 0 aliphatic heterocycles. The van der Waals surface area contributed by atoms with Gasteiger partial charge in [-0.15, -0.1) is 11.3 Å². The Labute approximate surface area is 137 Å². The zero-order valence-corrected chi connectivity index (χ0v) is 13.3. The van der Waals surface area contributed by atoms with Gasteiger partial charge in [-0.25, -0.2) is 0 Å². The number of rotatable bonds is 4. The van der Waals surface area contributed by atoms with Crippen LogP contribution in [0.15, 0.2) is 30.3 Å². The third kappa shape index (κ3) is 2.64. The lowest BCUT2D eigenvalue weighted by molar-refractivity contribution is 0.0912. The van der Waals surface area contributed by atoms with Gasteiger partial charge in [-0.1, -0.05) is 18.2 Å². The Bertz CT molecular complexity index is 835. The number of aromatic nitrogens is 2. The van der Waals surface area contributed by atoms with Gasteiger partial charge in [0.25, 0.3) is 5.91 Å². The number of hydrogen-bond donors (Lipinski definition) is 3. The fourth-order valence-electron chi connectivity index (χ4n) is 3.05. The first-order valence-electron chi connectivity index (χ1n) is 7.73. The van der Waals surface area contributed by atoms with Crippen LogP contribution < -0.4 is 5.32 Å². The van der Waals surface area contributed by atoms with E-state index in [0.717, 1.165) is 45.5 Å². The SMILES string of the molecule is O=C(NCC(O)c1cc2ccccc2s1)c1n[nH]c2c1CCC2. The van der Waals surface area contributed by atoms with Gasteiger partial charge in [0.05, 0.1) is 0 Å². The second kappa shape index (κ2) is 5.79. The second-order valence-electron chi connectivity index (χ2n) is 5.80. The number of fused-ring (bicyclic) bond motifs is 2. The molecule has 0 fully saturated rings. The van der Waals surface area contributed by atoms with E-state index in [4.69, 9.17) is 0 Å². The maximum atomic E-state index is 12.3. The van der Waals surface area contributed by atoms with Crippen LogP contribution >= 0.6 is 11.3 Å². The van der Waals surface area contributed by atoms with E-state index in [1.54, 1.807) is 11.3 Å². The van der Waals surface area contributed by atoms with Crippen LogP contribution in [0.5, 0.6) is 0 Å². The van der Waals surface area contributed by atoms with Crippen LogP contribution in [0.2, 0.25) is 0 Å². The summed E-state index contributed by atoms with van der Waals surface area (Å²) in [6, 6.07) is 9.98. The van der Waals surface area contributed by atoms with Gasteiger partial charge in [-0.2, -0.15) is 5.10 Å². The van der Waals surface area contributed by atoms with E-state index in [0.29, 0.717) is 5.69 Å². The Balaban J connectivity index is 1.44. The molecule has 2 aromatic heterocycles. The van der Waals surface area contributed by atoms with Crippen molar-refractivity contribution < 1.29 is 9.90 Å². The summed E-state index contributed by atoms with van der Waals surface area (Å²) in [5.74, 6) is -0.218. The summed E-state index contributed by atoms with van der Waals surface area (Å²) < 4.78 is 1.14. The first kappa shape index (κ1) is 14.4. The number of carbonyl (C=O) groups excluding carboxylic acids is 1. The molecular weight excluding hydrogens is 310 g/mol. The average molecular weight is 327 g/mol. The van der Waals surface area contributed by atoms with Crippen molar-refractivity contribution in [3.05, 3.63) is 52.2 Å². The Kier molecular flexibility index (Phi) is 3.63. The highest BCUT2D eigenvalue weighted by Gasteiger charge is 2.23. The van der Waals surface area contributed by atoms with Crippen molar-refractivity contribution in [2.75, 3.05) is 6.54 Å². The molecule has 0 saturated heterocycles. The molecule has 1 aromatic carbocycles. The van der Waals surface area contributed by atoms with Crippen molar-refractivity contribution in [1.82, 2.24) is 15.5 Å². The molecular formula is C17H17N3O2S. The van der Waals surface area contributed by atoms with Crippen LogP contribution in [-0.4, -0.2) is 27.8 Å². The highest BCUT2D eigenvalue weighted by atomic mass is 32.1. The highest BCUT2D eigenvalue weighted by molar-refractivity contribution is 7.19. The van der Waals surface area contributed by atoms with Crippen molar-refractivity contribution in [2.45, 2.75) is 25.4 Å². The molecule has 23 heavy (non-hydrogen) atoms. The van der Waals surface area contributed by atoms with Gasteiger partial charge in [0, 0.05) is 27.4 Å². The first-order chi connectivity index (χ1) is 11.2. The molecule has 0 spiro atoms. The Morgan fingerprint density at radius 1 is 1.39 bits per heavy atom. The molecule has 3 aromatic rings. The molecule has 0 bridgehead atoms. The number of aliphatic hydroxyl groups excluding tert-OH is 1. The number of aromatic amines is 1. The second-order valence-corrected chi connectivity index (χ2v) is 6.91. The van der Waals surface area contributed by atoms with Gasteiger partial charge in [0.1, 0.15) is 6.10 Å². The quantitative estimate of drug-likeness (QED) is 0.689. The number of carbonyl (C=O) groups is 1. The van der Waals surface area contributed by atoms with Crippen molar-refractivity contribution in [1.29, 1.82) is 0 Å². The summed E-state index contributed by atoms with van der Waals surface area (Å²) in [5, 5.41) is 21.3. The minimum absolute atomic E-state index is 0.188. The highest BCUT2D eigenvalue weighted by Crippen LogP contribution is 2.29. The van der Waals surface area contributed by atoms with Gasteiger partial charge >= 0.3 is 0 Å². The molecule has 2 heterocycles. The van der Waals surface area contributed by atoms with Gasteiger partial charge in [0.2, 0.25) is 0 Å². The van der Waals surface area contributed by atoms with E-state index < -0.39 is 6.10 Å². The zero-order chi connectivity index (χ0) is 15.8. The monoisotopic (exact) mass is 327 g/mol. The summed E-state index contributed by atoms with van der Waals surface area (Å²) in [5.41, 5.74) is 2.57. The minimum Gasteiger partial charge on any atom is -0.386 e. The summed E-state index contributed by atoms with van der Waals surface area (Å²) in [7, 11) is 0. The number of benzene rings is 1. The van der Waals surface area contributed by atoms with E-state index in [1.807, 2.05) is 30.3 Å². The largest absolute Gasteiger partial charge is 0.386 e. The smallest absolute Gasteiger partial charge is 0.272 e. The number of nitrogens with zero attached hydrogens (tertiary/aromatic N) is 1. The lowest BCUT2D eigenvalue weighted by atomic mass is 10.2. The maximum absolute atomic E-state index is 12.3. The Morgan fingerprint density at radius 2 is 2.26 bits per heavy atom. The number of H-pyrrole nitrogens is 1. The van der Waals surface area contributed by atoms with Crippen molar-refractivity contribution in [3.8, 4) is 0 Å². The molecule has 0 saturated carbocycles. The number of aryl methyl sites for hydroxylation is 1. The lowest BCUT2D eigenvalue weighted by Gasteiger charge is -2.09. The van der Waals surface area contributed by atoms with Crippen LogP contribution in [0.4, 0.5) is 0 Å². The first-order valence-corrected chi connectivity index (χ1v) is 8.55. The molecule has 1 aliphatic rings. The maximum Gasteiger partial charge on any atom is 0.272 e. The molecule has 1 unspecified atom stereocenters. The molecule has 0 radical (unpaired) electrons. The van der Waals surface area contributed by atoms with Gasteiger partial charge < -0.3 is 10.4 Å². The number of aliphatic hydroxyl groups is 1. The third-order valence-corrected chi connectivity index (χ3v) is 5.47. The van der Waals surface area contributed by atoms with Crippen molar-refractivity contribution in [2.24, 2.45) is 0 Å². The molecule has 6 heteroatoms. The van der Waals surface area contributed by atoms with E-state index >= 15 is 0 Å². The zero-order valence-electron chi connectivity index (χ0n) is 12.5. The van der Waals surface area contributed by atoms with E-state index in [9.17, 15) is 9.90 Å².